The molecule has 0 unspecified atom stereocenters. The molecule has 0 aliphatic heterocycles. The lowest BCUT2D eigenvalue weighted by atomic mass is 10.2. The fourth-order valence-corrected chi connectivity index (χ4v) is 0.851. The zero-order chi connectivity index (χ0) is 9.84. The molecule has 70 valence electrons. The molecule has 0 saturated heterocycles. The third kappa shape index (κ3) is 1.94. The molecule has 0 bridgehead atoms. The quantitative estimate of drug-likeness (QED) is 0.666. The molecule has 0 aliphatic rings. The molecule has 0 aliphatic carbocycles. The Balaban J connectivity index is 2.95. The van der Waals surface area contributed by atoms with Crippen LogP contribution in [-0.2, 0) is 4.84 Å². The number of hydrogen-bond donors (Lipinski definition) is 1. The molecule has 0 spiro atoms. The molecule has 5 nitrogen and oxygen atoms in total. The SMILES string of the molecule is CON(C)C(=O)c1cccnc1N. The molecule has 2 N–H and O–H groups in total. The predicted molar refractivity (Wildman–Crippen MR) is 47.8 cm³/mol. The number of hydrogen-bond acceptors (Lipinski definition) is 4. The van der Waals surface area contributed by atoms with Crippen LogP contribution in [0, 0.1) is 0 Å². The van der Waals surface area contributed by atoms with Crippen LogP contribution in [0.5, 0.6) is 0 Å². The molecule has 13 heavy (non-hydrogen) atoms. The van der Waals surface area contributed by atoms with Gasteiger partial charge in [-0.2, -0.15) is 0 Å². The number of rotatable bonds is 2. The van der Waals surface area contributed by atoms with Crippen LogP contribution in [0.3, 0.4) is 0 Å². The molecule has 1 aromatic rings. The minimum absolute atomic E-state index is 0.205. The summed E-state index contributed by atoms with van der Waals surface area (Å²) in [5.74, 6) is -0.107. The van der Waals surface area contributed by atoms with Crippen molar-refractivity contribution in [1.29, 1.82) is 0 Å². The molecule has 0 aromatic carbocycles. The number of anilines is 1. The van der Waals surface area contributed by atoms with Gasteiger partial charge in [0.1, 0.15) is 5.82 Å². The molecule has 5 heteroatoms. The van der Waals surface area contributed by atoms with E-state index in [1.165, 1.54) is 20.4 Å². The molecule has 0 fully saturated rings. The van der Waals surface area contributed by atoms with Crippen molar-refractivity contribution < 1.29 is 9.63 Å². The Bertz CT molecular complexity index is 314. The van der Waals surface area contributed by atoms with E-state index in [1.807, 2.05) is 0 Å². The van der Waals surface area contributed by atoms with Gasteiger partial charge in [-0.05, 0) is 12.1 Å². The van der Waals surface area contributed by atoms with E-state index in [1.54, 1.807) is 12.1 Å². The van der Waals surface area contributed by atoms with Crippen molar-refractivity contribution in [2.75, 3.05) is 19.9 Å². The standard InChI is InChI=1S/C8H11N3O2/c1-11(13-2)8(12)6-4-3-5-10-7(6)9/h3-5H,1-2H3,(H2,9,10). The first-order valence-corrected chi connectivity index (χ1v) is 3.69. The lowest BCUT2D eigenvalue weighted by Gasteiger charge is -2.13. The average molecular weight is 181 g/mol. The third-order valence-corrected chi connectivity index (χ3v) is 1.63. The van der Waals surface area contributed by atoms with Gasteiger partial charge in [0.15, 0.2) is 0 Å². The van der Waals surface area contributed by atoms with Gasteiger partial charge in [-0.3, -0.25) is 9.63 Å². The van der Waals surface area contributed by atoms with Crippen molar-refractivity contribution in [1.82, 2.24) is 10.0 Å². The van der Waals surface area contributed by atoms with Crippen LogP contribution in [0.1, 0.15) is 10.4 Å². The Morgan fingerprint density at radius 3 is 2.92 bits per heavy atom. The molecule has 1 rings (SSSR count). The minimum atomic E-state index is -0.312. The summed E-state index contributed by atoms with van der Waals surface area (Å²) in [6, 6.07) is 3.24. The second kappa shape index (κ2) is 3.86. The molecule has 0 saturated carbocycles. The van der Waals surface area contributed by atoms with Gasteiger partial charge in [0.25, 0.3) is 5.91 Å². The highest BCUT2D eigenvalue weighted by atomic mass is 16.7. The second-order valence-electron chi connectivity index (χ2n) is 2.42. The minimum Gasteiger partial charge on any atom is -0.383 e. The van der Waals surface area contributed by atoms with E-state index in [0.29, 0.717) is 5.56 Å². The van der Waals surface area contributed by atoms with E-state index in [4.69, 9.17) is 10.6 Å². The normalized spacial score (nSPS) is 9.69. The van der Waals surface area contributed by atoms with Gasteiger partial charge >= 0.3 is 0 Å². The largest absolute Gasteiger partial charge is 0.383 e. The van der Waals surface area contributed by atoms with E-state index in [9.17, 15) is 4.79 Å². The Kier molecular flexibility index (Phi) is 2.81. The number of pyridine rings is 1. The van der Waals surface area contributed by atoms with Crippen LogP contribution in [0.4, 0.5) is 5.82 Å². The van der Waals surface area contributed by atoms with Gasteiger partial charge in [-0.1, -0.05) is 0 Å². The van der Waals surface area contributed by atoms with Crippen molar-refractivity contribution in [2.24, 2.45) is 0 Å². The van der Waals surface area contributed by atoms with Gasteiger partial charge in [-0.15, -0.1) is 0 Å². The Labute approximate surface area is 76.1 Å². The molecular formula is C8H11N3O2. The first kappa shape index (κ1) is 9.47. The first-order valence-electron chi connectivity index (χ1n) is 3.69. The Morgan fingerprint density at radius 1 is 1.69 bits per heavy atom. The number of nitrogens with two attached hydrogens (primary N) is 1. The lowest BCUT2D eigenvalue weighted by molar-refractivity contribution is -0.0756. The zero-order valence-electron chi connectivity index (χ0n) is 7.52. The maximum Gasteiger partial charge on any atom is 0.280 e. The highest BCUT2D eigenvalue weighted by Gasteiger charge is 2.14. The smallest absolute Gasteiger partial charge is 0.280 e. The topological polar surface area (TPSA) is 68.5 Å². The number of nitrogens with zero attached hydrogens (tertiary/aromatic N) is 2. The monoisotopic (exact) mass is 181 g/mol. The van der Waals surface area contributed by atoms with Crippen LogP contribution in [0.2, 0.25) is 0 Å². The highest BCUT2D eigenvalue weighted by molar-refractivity contribution is 5.97. The van der Waals surface area contributed by atoms with Crippen LogP contribution in [-0.4, -0.2) is 30.1 Å². The van der Waals surface area contributed by atoms with Crippen LogP contribution >= 0.6 is 0 Å². The molecular weight excluding hydrogens is 170 g/mol. The number of nitrogen functional groups attached to an aromatic ring is 1. The van der Waals surface area contributed by atoms with Gasteiger partial charge in [0, 0.05) is 13.2 Å². The van der Waals surface area contributed by atoms with Crippen molar-refractivity contribution in [3.8, 4) is 0 Å². The fourth-order valence-electron chi connectivity index (χ4n) is 0.851. The average Bonchev–Trinajstić information content (AvgIpc) is 2.16. The molecule has 0 atom stereocenters. The summed E-state index contributed by atoms with van der Waals surface area (Å²) in [6.07, 6.45) is 1.53. The molecule has 1 aromatic heterocycles. The fraction of sp³-hybridized carbons (Fsp3) is 0.250. The number of hydroxylamine groups is 2. The maximum atomic E-state index is 11.5. The summed E-state index contributed by atoms with van der Waals surface area (Å²) < 4.78 is 0. The van der Waals surface area contributed by atoms with E-state index in [0.717, 1.165) is 5.06 Å². The summed E-state index contributed by atoms with van der Waals surface area (Å²) in [5.41, 5.74) is 5.84. The summed E-state index contributed by atoms with van der Waals surface area (Å²) in [4.78, 5) is 20.0. The van der Waals surface area contributed by atoms with Gasteiger partial charge in [0.2, 0.25) is 0 Å². The second-order valence-corrected chi connectivity index (χ2v) is 2.42. The summed E-state index contributed by atoms with van der Waals surface area (Å²) in [7, 11) is 2.92. The van der Waals surface area contributed by atoms with E-state index >= 15 is 0 Å². The predicted octanol–water partition coefficient (Wildman–Crippen LogP) is 0.297. The zero-order valence-corrected chi connectivity index (χ0v) is 7.52. The van der Waals surface area contributed by atoms with E-state index in [2.05, 4.69) is 4.98 Å². The van der Waals surface area contributed by atoms with E-state index in [-0.39, 0.29) is 11.7 Å². The number of amides is 1. The van der Waals surface area contributed by atoms with E-state index < -0.39 is 0 Å². The van der Waals surface area contributed by atoms with Gasteiger partial charge in [-0.25, -0.2) is 10.0 Å². The summed E-state index contributed by atoms with van der Waals surface area (Å²) in [5, 5.41) is 1.09. The summed E-state index contributed by atoms with van der Waals surface area (Å²) in [6.45, 7) is 0. The Hall–Kier alpha value is -1.62. The van der Waals surface area contributed by atoms with Gasteiger partial charge in [0.05, 0.1) is 12.7 Å². The van der Waals surface area contributed by atoms with Crippen molar-refractivity contribution in [3.05, 3.63) is 23.9 Å². The van der Waals surface area contributed by atoms with Crippen molar-refractivity contribution in [2.45, 2.75) is 0 Å². The van der Waals surface area contributed by atoms with Crippen LogP contribution in [0.25, 0.3) is 0 Å². The molecule has 0 radical (unpaired) electrons. The first-order chi connectivity index (χ1) is 6.16. The van der Waals surface area contributed by atoms with Crippen molar-refractivity contribution >= 4 is 11.7 Å². The van der Waals surface area contributed by atoms with Crippen molar-refractivity contribution in [3.63, 3.8) is 0 Å². The Morgan fingerprint density at radius 2 is 2.38 bits per heavy atom. The molecule has 1 heterocycles. The van der Waals surface area contributed by atoms with Crippen LogP contribution < -0.4 is 5.73 Å². The third-order valence-electron chi connectivity index (χ3n) is 1.63. The highest BCUT2D eigenvalue weighted by Crippen LogP contribution is 2.09. The summed E-state index contributed by atoms with van der Waals surface area (Å²) >= 11 is 0. The maximum absolute atomic E-state index is 11.5. The van der Waals surface area contributed by atoms with Gasteiger partial charge < -0.3 is 5.73 Å². The molecule has 1 amide bonds. The number of carbonyl (C=O) groups excluding carboxylic acids is 1. The van der Waals surface area contributed by atoms with Crippen LogP contribution in [0.15, 0.2) is 18.3 Å². The number of aromatic nitrogens is 1. The lowest BCUT2D eigenvalue weighted by Crippen LogP contribution is -2.26. The number of carbonyl (C=O) groups is 1.